The summed E-state index contributed by atoms with van der Waals surface area (Å²) < 4.78 is 9.09. The number of aromatic nitrogens is 4. The SMILES string of the molecule is Cc1nn(-c2ccccc2)c(C)c1C(=O)OCc1ccc(-n2cccn2)cc1. The van der Waals surface area contributed by atoms with Crippen LogP contribution in [0.4, 0.5) is 0 Å². The Hall–Kier alpha value is -3.67. The number of esters is 1. The van der Waals surface area contributed by atoms with Gasteiger partial charge in [0.1, 0.15) is 12.2 Å². The zero-order valence-corrected chi connectivity index (χ0v) is 15.7. The number of nitrogens with zero attached hydrogens (tertiary/aromatic N) is 4. The Bertz CT molecular complexity index is 1080. The number of para-hydroxylation sites is 1. The number of hydrogen-bond donors (Lipinski definition) is 0. The highest BCUT2D eigenvalue weighted by Crippen LogP contribution is 2.19. The van der Waals surface area contributed by atoms with Crippen LogP contribution in [0.5, 0.6) is 0 Å². The maximum atomic E-state index is 12.7. The van der Waals surface area contributed by atoms with E-state index in [0.717, 1.165) is 22.6 Å². The molecule has 0 unspecified atom stereocenters. The molecule has 0 aliphatic rings. The van der Waals surface area contributed by atoms with Gasteiger partial charge in [0.05, 0.1) is 22.8 Å². The lowest BCUT2D eigenvalue weighted by Crippen LogP contribution is -2.08. The first-order chi connectivity index (χ1) is 13.6. The van der Waals surface area contributed by atoms with Crippen molar-refractivity contribution in [3.8, 4) is 11.4 Å². The number of benzene rings is 2. The first-order valence-corrected chi connectivity index (χ1v) is 9.01. The molecule has 2 aromatic carbocycles. The van der Waals surface area contributed by atoms with Crippen LogP contribution in [-0.2, 0) is 11.3 Å². The predicted octanol–water partition coefficient (Wildman–Crippen LogP) is 4.03. The number of ether oxygens (including phenoxy) is 1. The Morgan fingerprint density at radius 2 is 1.71 bits per heavy atom. The molecule has 2 aromatic heterocycles. The van der Waals surface area contributed by atoms with E-state index >= 15 is 0 Å². The van der Waals surface area contributed by atoms with Crippen molar-refractivity contribution in [2.75, 3.05) is 0 Å². The van der Waals surface area contributed by atoms with E-state index in [1.54, 1.807) is 15.6 Å². The fourth-order valence-electron chi connectivity index (χ4n) is 3.15. The van der Waals surface area contributed by atoms with Gasteiger partial charge in [-0.1, -0.05) is 30.3 Å². The monoisotopic (exact) mass is 372 g/mol. The molecule has 0 aliphatic heterocycles. The van der Waals surface area contributed by atoms with Gasteiger partial charge in [-0.3, -0.25) is 0 Å². The molecule has 0 saturated heterocycles. The van der Waals surface area contributed by atoms with E-state index in [9.17, 15) is 4.79 Å². The van der Waals surface area contributed by atoms with E-state index in [0.29, 0.717) is 11.3 Å². The average Bonchev–Trinajstić information content (AvgIpc) is 3.35. The van der Waals surface area contributed by atoms with Crippen LogP contribution in [0.25, 0.3) is 11.4 Å². The number of carbonyl (C=O) groups excluding carboxylic acids is 1. The van der Waals surface area contributed by atoms with Gasteiger partial charge in [0.25, 0.3) is 0 Å². The molecule has 0 fully saturated rings. The third-order valence-electron chi connectivity index (χ3n) is 4.57. The maximum absolute atomic E-state index is 12.7. The number of aryl methyl sites for hydroxylation is 1. The highest BCUT2D eigenvalue weighted by Gasteiger charge is 2.20. The lowest BCUT2D eigenvalue weighted by atomic mass is 10.2. The molecule has 0 bridgehead atoms. The van der Waals surface area contributed by atoms with E-state index in [4.69, 9.17) is 4.74 Å². The molecule has 2 heterocycles. The predicted molar refractivity (Wildman–Crippen MR) is 106 cm³/mol. The molecule has 0 spiro atoms. The summed E-state index contributed by atoms with van der Waals surface area (Å²) in [5, 5.41) is 8.70. The van der Waals surface area contributed by atoms with Crippen LogP contribution in [0.2, 0.25) is 0 Å². The highest BCUT2D eigenvalue weighted by atomic mass is 16.5. The van der Waals surface area contributed by atoms with Crippen molar-refractivity contribution >= 4 is 5.97 Å². The van der Waals surface area contributed by atoms with Crippen LogP contribution >= 0.6 is 0 Å². The van der Waals surface area contributed by atoms with Crippen molar-refractivity contribution in [3.63, 3.8) is 0 Å². The van der Waals surface area contributed by atoms with Crippen LogP contribution < -0.4 is 0 Å². The molecule has 0 atom stereocenters. The smallest absolute Gasteiger partial charge is 0.342 e. The fraction of sp³-hybridized carbons (Fsp3) is 0.136. The van der Waals surface area contributed by atoms with E-state index in [1.807, 2.05) is 80.7 Å². The molecule has 140 valence electrons. The van der Waals surface area contributed by atoms with E-state index in [-0.39, 0.29) is 12.6 Å². The second kappa shape index (κ2) is 7.52. The quantitative estimate of drug-likeness (QED) is 0.496. The minimum atomic E-state index is -0.367. The van der Waals surface area contributed by atoms with Crippen molar-refractivity contribution in [3.05, 3.63) is 95.6 Å². The normalized spacial score (nSPS) is 10.8. The number of carbonyl (C=O) groups is 1. The molecule has 4 aromatic rings. The molecule has 0 radical (unpaired) electrons. The van der Waals surface area contributed by atoms with Crippen molar-refractivity contribution in [1.29, 1.82) is 0 Å². The van der Waals surface area contributed by atoms with Crippen LogP contribution in [0.15, 0.2) is 73.1 Å². The summed E-state index contributed by atoms with van der Waals surface area (Å²) >= 11 is 0. The highest BCUT2D eigenvalue weighted by molar-refractivity contribution is 5.92. The van der Waals surface area contributed by atoms with Crippen molar-refractivity contribution in [2.24, 2.45) is 0 Å². The summed E-state index contributed by atoms with van der Waals surface area (Å²) in [6.45, 7) is 3.90. The average molecular weight is 372 g/mol. The third kappa shape index (κ3) is 3.44. The summed E-state index contributed by atoms with van der Waals surface area (Å²) in [5.74, 6) is -0.367. The van der Waals surface area contributed by atoms with Gasteiger partial charge in [-0.15, -0.1) is 0 Å². The molecule has 28 heavy (non-hydrogen) atoms. The minimum Gasteiger partial charge on any atom is -0.457 e. The summed E-state index contributed by atoms with van der Waals surface area (Å²) in [6.07, 6.45) is 3.61. The summed E-state index contributed by atoms with van der Waals surface area (Å²) in [5.41, 5.74) is 4.71. The largest absolute Gasteiger partial charge is 0.457 e. The van der Waals surface area contributed by atoms with Gasteiger partial charge >= 0.3 is 5.97 Å². The zero-order chi connectivity index (χ0) is 19.5. The van der Waals surface area contributed by atoms with Gasteiger partial charge in [0.2, 0.25) is 0 Å². The lowest BCUT2D eigenvalue weighted by Gasteiger charge is -2.07. The molecule has 0 amide bonds. The fourth-order valence-corrected chi connectivity index (χ4v) is 3.15. The molecule has 0 aliphatic carbocycles. The molecule has 0 saturated carbocycles. The van der Waals surface area contributed by atoms with Gasteiger partial charge in [-0.25, -0.2) is 14.2 Å². The minimum absolute atomic E-state index is 0.202. The third-order valence-corrected chi connectivity index (χ3v) is 4.57. The Kier molecular flexibility index (Phi) is 4.76. The number of hydrogen-bond acceptors (Lipinski definition) is 4. The van der Waals surface area contributed by atoms with Crippen molar-refractivity contribution in [2.45, 2.75) is 20.5 Å². The second-order valence-corrected chi connectivity index (χ2v) is 6.49. The molecule has 4 rings (SSSR count). The molecule has 6 heteroatoms. The van der Waals surface area contributed by atoms with Crippen molar-refractivity contribution < 1.29 is 9.53 Å². The summed E-state index contributed by atoms with van der Waals surface area (Å²) in [6, 6.07) is 19.4. The zero-order valence-electron chi connectivity index (χ0n) is 15.7. The molecular weight excluding hydrogens is 352 g/mol. The van der Waals surface area contributed by atoms with Crippen LogP contribution in [0.3, 0.4) is 0 Å². The second-order valence-electron chi connectivity index (χ2n) is 6.49. The molecule has 6 nitrogen and oxygen atoms in total. The first kappa shape index (κ1) is 17.7. The van der Waals surface area contributed by atoms with Gasteiger partial charge in [-0.05, 0) is 49.7 Å². The summed E-state index contributed by atoms with van der Waals surface area (Å²) in [4.78, 5) is 12.7. The molecule has 0 N–H and O–H groups in total. The van der Waals surface area contributed by atoms with Crippen LogP contribution in [0, 0.1) is 13.8 Å². The van der Waals surface area contributed by atoms with Gasteiger partial charge in [0, 0.05) is 12.4 Å². The van der Waals surface area contributed by atoms with Crippen molar-refractivity contribution in [1.82, 2.24) is 19.6 Å². The summed E-state index contributed by atoms with van der Waals surface area (Å²) in [7, 11) is 0. The Morgan fingerprint density at radius 3 is 2.39 bits per heavy atom. The standard InChI is InChI=1S/C22H20N4O2/c1-16-21(17(2)26(24-16)20-7-4-3-5-8-20)22(27)28-15-18-9-11-19(12-10-18)25-14-6-13-23-25/h3-14H,15H2,1-2H3. The lowest BCUT2D eigenvalue weighted by molar-refractivity contribution is 0.0471. The Labute approximate surface area is 163 Å². The maximum Gasteiger partial charge on any atom is 0.342 e. The van der Waals surface area contributed by atoms with Gasteiger partial charge < -0.3 is 4.74 Å². The van der Waals surface area contributed by atoms with Crippen LogP contribution in [-0.4, -0.2) is 25.5 Å². The topological polar surface area (TPSA) is 61.9 Å². The Balaban J connectivity index is 1.48. The van der Waals surface area contributed by atoms with E-state index in [2.05, 4.69) is 10.2 Å². The number of rotatable bonds is 5. The molecular formula is C22H20N4O2. The van der Waals surface area contributed by atoms with Crippen LogP contribution in [0.1, 0.15) is 27.3 Å². The van der Waals surface area contributed by atoms with Gasteiger partial charge in [0.15, 0.2) is 0 Å². The first-order valence-electron chi connectivity index (χ1n) is 9.01. The Morgan fingerprint density at radius 1 is 0.964 bits per heavy atom. The van der Waals surface area contributed by atoms with E-state index < -0.39 is 0 Å². The van der Waals surface area contributed by atoms with Gasteiger partial charge in [-0.2, -0.15) is 10.2 Å². The van der Waals surface area contributed by atoms with E-state index in [1.165, 1.54) is 0 Å².